The topological polar surface area (TPSA) is 118 Å². The summed E-state index contributed by atoms with van der Waals surface area (Å²) in [6.45, 7) is 0.0645. The minimum Gasteiger partial charge on any atom is -0.454 e. The molecule has 2 aliphatic rings. The van der Waals surface area contributed by atoms with Crippen molar-refractivity contribution in [2.24, 2.45) is 0 Å². The Kier molecular flexibility index (Phi) is 7.06. The maximum atomic E-state index is 13.0. The molecule has 3 amide bonds. The summed E-state index contributed by atoms with van der Waals surface area (Å²) in [5.74, 6) is 0.561. The summed E-state index contributed by atoms with van der Waals surface area (Å²) in [7, 11) is 0. The second kappa shape index (κ2) is 10.3. The SMILES string of the molecule is O=C(C[C@H]1C=C[C@@H](NC(=O)Nc2ccc3c(c2)OCO3)[C@H](CO)O1)NCc1ccc(F)cc1. The molecular formula is C23H24FN3O6. The van der Waals surface area contributed by atoms with Gasteiger partial charge in [0.25, 0.3) is 0 Å². The number of halogens is 1. The highest BCUT2D eigenvalue weighted by atomic mass is 19.1. The zero-order valence-electron chi connectivity index (χ0n) is 17.6. The van der Waals surface area contributed by atoms with Gasteiger partial charge in [0.1, 0.15) is 11.9 Å². The molecule has 0 unspecified atom stereocenters. The van der Waals surface area contributed by atoms with E-state index in [4.69, 9.17) is 14.2 Å². The molecule has 10 heteroatoms. The number of benzene rings is 2. The second-order valence-electron chi connectivity index (χ2n) is 7.58. The lowest BCUT2D eigenvalue weighted by molar-refractivity contribution is -0.125. The van der Waals surface area contributed by atoms with Crippen LogP contribution in [0.1, 0.15) is 12.0 Å². The molecule has 0 bridgehead atoms. The van der Waals surface area contributed by atoms with Crippen LogP contribution in [-0.4, -0.2) is 48.7 Å². The number of carbonyl (C=O) groups excluding carboxylic acids is 2. The average Bonchev–Trinajstić information content (AvgIpc) is 3.27. The predicted molar refractivity (Wildman–Crippen MR) is 116 cm³/mol. The third-order valence-corrected chi connectivity index (χ3v) is 5.18. The van der Waals surface area contributed by atoms with E-state index in [1.54, 1.807) is 42.5 Å². The standard InChI is InChI=1S/C23H24FN3O6/c24-15-3-1-14(2-4-15)11-25-22(29)10-17-6-7-18(21(12-28)33-17)27-23(30)26-16-5-8-19-20(9-16)32-13-31-19/h1-9,17-18,21,28H,10-13H2,(H,25,29)(H2,26,27,30)/t17-,18-,21+/m1/s1. The van der Waals surface area contributed by atoms with Crippen molar-refractivity contribution in [3.63, 3.8) is 0 Å². The maximum Gasteiger partial charge on any atom is 0.319 e. The molecule has 2 aromatic carbocycles. The van der Waals surface area contributed by atoms with Gasteiger partial charge in [0, 0.05) is 18.3 Å². The molecule has 2 aromatic rings. The van der Waals surface area contributed by atoms with Crippen LogP contribution in [0.4, 0.5) is 14.9 Å². The Morgan fingerprint density at radius 1 is 1.06 bits per heavy atom. The van der Waals surface area contributed by atoms with Crippen LogP contribution in [0.2, 0.25) is 0 Å². The van der Waals surface area contributed by atoms with E-state index in [1.165, 1.54) is 12.1 Å². The molecule has 0 fully saturated rings. The molecule has 0 spiro atoms. The number of fused-ring (bicyclic) bond motifs is 1. The van der Waals surface area contributed by atoms with E-state index >= 15 is 0 Å². The van der Waals surface area contributed by atoms with Crippen molar-refractivity contribution in [1.29, 1.82) is 0 Å². The molecule has 4 N–H and O–H groups in total. The third-order valence-electron chi connectivity index (χ3n) is 5.18. The van der Waals surface area contributed by atoms with Crippen molar-refractivity contribution in [3.8, 4) is 11.5 Å². The lowest BCUT2D eigenvalue weighted by Gasteiger charge is -2.31. The van der Waals surface area contributed by atoms with Gasteiger partial charge in [0.15, 0.2) is 11.5 Å². The number of amides is 3. The molecule has 0 aliphatic carbocycles. The highest BCUT2D eigenvalue weighted by Crippen LogP contribution is 2.34. The number of aliphatic hydroxyl groups is 1. The molecular weight excluding hydrogens is 433 g/mol. The normalized spacial score (nSPS) is 20.8. The van der Waals surface area contributed by atoms with Gasteiger partial charge >= 0.3 is 6.03 Å². The third kappa shape index (κ3) is 5.99. The highest BCUT2D eigenvalue weighted by Gasteiger charge is 2.29. The molecule has 2 aliphatic heterocycles. The molecule has 33 heavy (non-hydrogen) atoms. The highest BCUT2D eigenvalue weighted by molar-refractivity contribution is 5.90. The number of hydrogen-bond donors (Lipinski definition) is 4. The number of aliphatic hydroxyl groups excluding tert-OH is 1. The average molecular weight is 457 g/mol. The van der Waals surface area contributed by atoms with E-state index < -0.39 is 24.3 Å². The van der Waals surface area contributed by atoms with Gasteiger partial charge in [-0.1, -0.05) is 24.3 Å². The van der Waals surface area contributed by atoms with Gasteiger partial charge in [-0.25, -0.2) is 9.18 Å². The number of rotatable bonds is 7. The Bertz CT molecular complexity index is 1030. The van der Waals surface area contributed by atoms with Gasteiger partial charge in [0.05, 0.1) is 25.2 Å². The Labute approximate surface area is 189 Å². The quantitative estimate of drug-likeness (QED) is 0.473. The monoisotopic (exact) mass is 457 g/mol. The van der Waals surface area contributed by atoms with Crippen molar-refractivity contribution in [3.05, 3.63) is 66.0 Å². The summed E-state index contributed by atoms with van der Waals surface area (Å²) in [6.07, 6.45) is 2.15. The minimum atomic E-state index is -0.715. The van der Waals surface area contributed by atoms with Gasteiger partial charge < -0.3 is 35.3 Å². The van der Waals surface area contributed by atoms with E-state index in [9.17, 15) is 19.1 Å². The molecule has 3 atom stereocenters. The van der Waals surface area contributed by atoms with E-state index in [0.29, 0.717) is 17.2 Å². The van der Waals surface area contributed by atoms with Crippen LogP contribution in [0, 0.1) is 5.82 Å². The van der Waals surface area contributed by atoms with Gasteiger partial charge in [0.2, 0.25) is 12.7 Å². The first-order valence-corrected chi connectivity index (χ1v) is 10.4. The van der Waals surface area contributed by atoms with Crippen LogP contribution in [0.15, 0.2) is 54.6 Å². The van der Waals surface area contributed by atoms with Crippen LogP contribution in [0.5, 0.6) is 11.5 Å². The lowest BCUT2D eigenvalue weighted by Crippen LogP contribution is -2.50. The summed E-state index contributed by atoms with van der Waals surface area (Å²) in [4.78, 5) is 24.6. The fourth-order valence-electron chi connectivity index (χ4n) is 3.49. The van der Waals surface area contributed by atoms with Crippen molar-refractivity contribution in [2.75, 3.05) is 18.7 Å². The largest absolute Gasteiger partial charge is 0.454 e. The summed E-state index contributed by atoms with van der Waals surface area (Å²) in [6, 6.07) is 9.82. The zero-order valence-corrected chi connectivity index (χ0v) is 17.6. The van der Waals surface area contributed by atoms with E-state index in [0.717, 1.165) is 5.56 Å². The van der Waals surface area contributed by atoms with E-state index in [2.05, 4.69) is 16.0 Å². The molecule has 4 rings (SSSR count). The summed E-state index contributed by atoms with van der Waals surface area (Å²) < 4.78 is 29.3. The number of hydrogen-bond acceptors (Lipinski definition) is 6. The minimum absolute atomic E-state index is 0.0459. The molecule has 2 heterocycles. The first-order valence-electron chi connectivity index (χ1n) is 10.4. The molecule has 174 valence electrons. The van der Waals surface area contributed by atoms with E-state index in [-0.39, 0.29) is 38.1 Å². The van der Waals surface area contributed by atoms with Gasteiger partial charge in [-0.3, -0.25) is 4.79 Å². The van der Waals surface area contributed by atoms with Crippen LogP contribution in [-0.2, 0) is 16.1 Å². The second-order valence-corrected chi connectivity index (χ2v) is 7.58. The summed E-state index contributed by atoms with van der Waals surface area (Å²) in [5.41, 5.74) is 1.30. The first-order chi connectivity index (χ1) is 16.0. The Balaban J connectivity index is 1.26. The zero-order chi connectivity index (χ0) is 23.2. The van der Waals surface area contributed by atoms with E-state index in [1.807, 2.05) is 0 Å². The van der Waals surface area contributed by atoms with Crippen molar-refractivity contribution < 1.29 is 33.3 Å². The van der Waals surface area contributed by atoms with Gasteiger partial charge in [-0.05, 0) is 29.8 Å². The Morgan fingerprint density at radius 2 is 1.85 bits per heavy atom. The molecule has 0 radical (unpaired) electrons. The van der Waals surface area contributed by atoms with Gasteiger partial charge in [-0.2, -0.15) is 0 Å². The fourth-order valence-corrected chi connectivity index (χ4v) is 3.49. The number of ether oxygens (including phenoxy) is 3. The predicted octanol–water partition coefficient (Wildman–Crippen LogP) is 2.07. The van der Waals surface area contributed by atoms with Crippen molar-refractivity contribution >= 4 is 17.6 Å². The van der Waals surface area contributed by atoms with Gasteiger partial charge in [-0.15, -0.1) is 0 Å². The molecule has 9 nitrogen and oxygen atoms in total. The Morgan fingerprint density at radius 3 is 2.64 bits per heavy atom. The molecule has 0 saturated carbocycles. The van der Waals surface area contributed by atoms with Crippen LogP contribution in [0.3, 0.4) is 0 Å². The molecule has 0 aromatic heterocycles. The fraction of sp³-hybridized carbons (Fsp3) is 0.304. The molecule has 0 saturated heterocycles. The van der Waals surface area contributed by atoms with Crippen LogP contribution < -0.4 is 25.4 Å². The first kappa shape index (κ1) is 22.6. The van der Waals surface area contributed by atoms with Crippen molar-refractivity contribution in [1.82, 2.24) is 10.6 Å². The Hall–Kier alpha value is -3.63. The number of carbonyl (C=O) groups is 2. The lowest BCUT2D eigenvalue weighted by atomic mass is 10.0. The number of anilines is 1. The number of nitrogens with one attached hydrogen (secondary N) is 3. The van der Waals surface area contributed by atoms with Crippen LogP contribution in [0.25, 0.3) is 0 Å². The summed E-state index contributed by atoms with van der Waals surface area (Å²) >= 11 is 0. The maximum absolute atomic E-state index is 13.0. The van der Waals surface area contributed by atoms with Crippen LogP contribution >= 0.6 is 0 Å². The number of urea groups is 1. The van der Waals surface area contributed by atoms with Crippen molar-refractivity contribution in [2.45, 2.75) is 31.2 Å². The smallest absolute Gasteiger partial charge is 0.319 e. The summed E-state index contributed by atoms with van der Waals surface area (Å²) in [5, 5.41) is 17.9.